The summed E-state index contributed by atoms with van der Waals surface area (Å²) in [7, 11) is -2.15. The smallest absolute Gasteiger partial charge is 0.396 e. The van der Waals surface area contributed by atoms with E-state index in [2.05, 4.69) is 127 Å². The van der Waals surface area contributed by atoms with Crippen molar-refractivity contribution in [3.05, 3.63) is 114 Å². The van der Waals surface area contributed by atoms with E-state index in [9.17, 15) is 0 Å². The van der Waals surface area contributed by atoms with Crippen molar-refractivity contribution in [3.63, 3.8) is 0 Å². The summed E-state index contributed by atoms with van der Waals surface area (Å²) in [5, 5.41) is 7.94. The second-order valence-corrected chi connectivity index (χ2v) is 11.6. The van der Waals surface area contributed by atoms with Gasteiger partial charge in [0.15, 0.2) is 18.9 Å². The Hall–Kier alpha value is -3.26. The molecule has 0 saturated heterocycles. The van der Waals surface area contributed by atoms with E-state index in [4.69, 9.17) is 4.74 Å². The van der Waals surface area contributed by atoms with Crippen molar-refractivity contribution in [3.8, 4) is 5.75 Å². The Morgan fingerprint density at radius 2 is 1.41 bits per heavy atom. The number of ether oxygens (including phenoxy) is 1. The Kier molecular flexibility index (Phi) is 4.50. The van der Waals surface area contributed by atoms with Gasteiger partial charge in [-0.1, -0.05) is 59.7 Å². The van der Waals surface area contributed by atoms with Crippen LogP contribution in [0, 0.1) is 13.8 Å². The Morgan fingerprint density at radius 1 is 0.781 bits per heavy atom. The van der Waals surface area contributed by atoms with Crippen LogP contribution >= 0.6 is 7.41 Å². The molecule has 4 aromatic rings. The van der Waals surface area contributed by atoms with Crippen molar-refractivity contribution in [2.75, 3.05) is 0 Å². The van der Waals surface area contributed by atoms with Crippen LogP contribution in [0.4, 0.5) is 5.69 Å². The topological polar surface area (TPSA) is 24.3 Å². The molecule has 4 heteroatoms. The predicted octanol–water partition coefficient (Wildman–Crippen LogP) is 4.55. The van der Waals surface area contributed by atoms with Crippen LogP contribution in [0.1, 0.15) is 16.7 Å². The average molecular weight is 436 g/mol. The lowest BCUT2D eigenvalue weighted by atomic mass is 10.1. The van der Waals surface area contributed by atoms with Gasteiger partial charge in [-0.05, 0) is 61.4 Å². The second kappa shape index (κ2) is 7.41. The molecule has 0 aromatic heterocycles. The molecule has 1 unspecified atom stereocenters. The van der Waals surface area contributed by atoms with Crippen LogP contribution in [0.2, 0.25) is 0 Å². The maximum absolute atomic E-state index is 6.69. The summed E-state index contributed by atoms with van der Waals surface area (Å²) in [5.74, 6) is 0.961. The van der Waals surface area contributed by atoms with Crippen LogP contribution < -0.4 is 25.7 Å². The van der Waals surface area contributed by atoms with Crippen molar-refractivity contribution in [1.29, 1.82) is 0 Å². The Labute approximate surface area is 189 Å². The number of hydrogen-bond donors (Lipinski definition) is 1. The van der Waals surface area contributed by atoms with Gasteiger partial charge in [-0.3, -0.25) is 0 Å². The molecule has 0 bridgehead atoms. The Morgan fingerprint density at radius 3 is 2.09 bits per heavy atom. The van der Waals surface area contributed by atoms with E-state index in [0.29, 0.717) is 0 Å². The fraction of sp³-hybridized carbons (Fsp3) is 0.107. The lowest BCUT2D eigenvalue weighted by Crippen LogP contribution is -2.56. The monoisotopic (exact) mass is 436 g/mol. The minimum Gasteiger partial charge on any atom is -0.418 e. The summed E-state index contributed by atoms with van der Waals surface area (Å²) < 4.78 is 8.94. The molecule has 3 nitrogen and oxygen atoms in total. The summed E-state index contributed by atoms with van der Waals surface area (Å²) in [6.07, 6.45) is 1.95. The first kappa shape index (κ1) is 19.4. The van der Waals surface area contributed by atoms with E-state index in [1.807, 2.05) is 0 Å². The number of nitrogens with one attached hydrogen (secondary N) is 1. The molecule has 6 rings (SSSR count). The first-order valence-electron chi connectivity index (χ1n) is 11.0. The van der Waals surface area contributed by atoms with E-state index >= 15 is 0 Å². The molecule has 0 saturated carbocycles. The van der Waals surface area contributed by atoms with Crippen molar-refractivity contribution < 1.29 is 9.31 Å². The van der Waals surface area contributed by atoms with E-state index in [0.717, 1.165) is 11.3 Å². The highest BCUT2D eigenvalue weighted by Gasteiger charge is 2.58. The molecule has 0 fully saturated rings. The average Bonchev–Trinajstić information content (AvgIpc) is 2.84. The fourth-order valence-corrected chi connectivity index (χ4v) is 8.88. The number of nitrogens with zero attached hydrogens (tertiary/aromatic N) is 1. The maximum atomic E-state index is 6.69. The van der Waals surface area contributed by atoms with Crippen LogP contribution in [0.3, 0.4) is 0 Å². The van der Waals surface area contributed by atoms with Crippen molar-refractivity contribution in [2.45, 2.75) is 20.2 Å². The minimum atomic E-state index is -2.15. The number of hydrogen-bond acceptors (Lipinski definition) is 2. The van der Waals surface area contributed by atoms with Gasteiger partial charge < -0.3 is 4.74 Å². The standard InChI is InChI=1S/C28H25N2OP/c1-20-17-21(2)27-22(18-20)19-30-25-15-9-10-16-26(25)32(29-28(30)31-27,23-11-5-3-6-12-23)24-13-7-4-8-14-24/h3-19,28-29H,1-2H3/q+2. The normalized spacial score (nSPS) is 17.9. The third-order valence-corrected chi connectivity index (χ3v) is 10.2. The zero-order valence-electron chi connectivity index (χ0n) is 18.2. The molecule has 0 aliphatic carbocycles. The molecule has 2 aliphatic rings. The van der Waals surface area contributed by atoms with Gasteiger partial charge in [0.05, 0.1) is 5.56 Å². The number of fused-ring (bicyclic) bond motifs is 4. The SMILES string of the molecule is Cc1cc(C)c2c(c1)C=[N+]1c3ccccc3[P+](c3ccccc3)(c3ccccc3)NC1O2. The molecule has 0 radical (unpaired) electrons. The first-order valence-corrected chi connectivity index (χ1v) is 12.7. The van der Waals surface area contributed by atoms with E-state index in [1.54, 1.807) is 0 Å². The number of benzene rings is 4. The van der Waals surface area contributed by atoms with Crippen molar-refractivity contribution in [2.24, 2.45) is 0 Å². The molecule has 2 aliphatic heterocycles. The van der Waals surface area contributed by atoms with Crippen LogP contribution in [-0.2, 0) is 0 Å². The lowest BCUT2D eigenvalue weighted by Gasteiger charge is -2.35. The highest BCUT2D eigenvalue weighted by Crippen LogP contribution is 2.56. The molecular weight excluding hydrogens is 411 g/mol. The van der Waals surface area contributed by atoms with Crippen molar-refractivity contribution >= 4 is 35.2 Å². The molecule has 0 amide bonds. The number of aryl methyl sites for hydroxylation is 2. The molecule has 4 aromatic carbocycles. The molecule has 2 heterocycles. The predicted molar refractivity (Wildman–Crippen MR) is 134 cm³/mol. The van der Waals surface area contributed by atoms with E-state index in [-0.39, 0.29) is 6.35 Å². The zero-order valence-corrected chi connectivity index (χ0v) is 19.1. The molecule has 1 atom stereocenters. The summed E-state index contributed by atoms with van der Waals surface area (Å²) in [6.45, 7) is 4.26. The van der Waals surface area contributed by atoms with Crippen LogP contribution in [0.25, 0.3) is 0 Å². The Bertz CT molecular complexity index is 1310. The van der Waals surface area contributed by atoms with Gasteiger partial charge in [0, 0.05) is 6.07 Å². The van der Waals surface area contributed by atoms with Gasteiger partial charge in [-0.25, -0.2) is 0 Å². The molecule has 0 spiro atoms. The van der Waals surface area contributed by atoms with Gasteiger partial charge in [-0.15, -0.1) is 4.58 Å². The van der Waals surface area contributed by atoms with E-state index in [1.165, 1.54) is 32.7 Å². The summed E-state index contributed by atoms with van der Waals surface area (Å²) in [5.41, 5.74) is 4.73. The molecular formula is C28H25N2OP+2. The van der Waals surface area contributed by atoms with Gasteiger partial charge in [-0.2, -0.15) is 0 Å². The van der Waals surface area contributed by atoms with Crippen LogP contribution in [0.5, 0.6) is 5.75 Å². The van der Waals surface area contributed by atoms with Crippen LogP contribution in [-0.4, -0.2) is 17.1 Å². The first-order chi connectivity index (χ1) is 15.7. The third-order valence-electron chi connectivity index (χ3n) is 6.32. The zero-order chi connectivity index (χ0) is 21.7. The lowest BCUT2D eigenvalue weighted by molar-refractivity contribution is -0.532. The quantitative estimate of drug-likeness (QED) is 0.368. The Balaban J connectivity index is 1.66. The summed E-state index contributed by atoms with van der Waals surface area (Å²) in [6, 6.07) is 34.8. The number of rotatable bonds is 2. The fourth-order valence-electron chi connectivity index (χ4n) is 5.00. The van der Waals surface area contributed by atoms with Gasteiger partial charge in [0.25, 0.3) is 5.69 Å². The summed E-state index contributed by atoms with van der Waals surface area (Å²) in [4.78, 5) is 0. The summed E-state index contributed by atoms with van der Waals surface area (Å²) >= 11 is 0. The van der Waals surface area contributed by atoms with Crippen molar-refractivity contribution in [1.82, 2.24) is 5.09 Å². The van der Waals surface area contributed by atoms with E-state index < -0.39 is 7.41 Å². The highest BCUT2D eigenvalue weighted by atomic mass is 31.2. The highest BCUT2D eigenvalue weighted by molar-refractivity contribution is 7.94. The third kappa shape index (κ3) is 2.86. The molecule has 1 N–H and O–H groups in total. The minimum absolute atomic E-state index is 0.285. The second-order valence-electron chi connectivity index (χ2n) is 8.47. The van der Waals surface area contributed by atoms with Gasteiger partial charge >= 0.3 is 6.35 Å². The molecule has 156 valence electrons. The van der Waals surface area contributed by atoms with Gasteiger partial charge in [0.1, 0.15) is 16.4 Å². The largest absolute Gasteiger partial charge is 0.418 e. The van der Waals surface area contributed by atoms with Gasteiger partial charge in [0.2, 0.25) is 0 Å². The number of para-hydroxylation sites is 1. The molecule has 32 heavy (non-hydrogen) atoms. The maximum Gasteiger partial charge on any atom is 0.396 e. The van der Waals surface area contributed by atoms with Crippen LogP contribution in [0.15, 0.2) is 97.1 Å².